The molecular weight excluding hydrogens is 652 g/mol. The minimum atomic E-state index is -0.699. The molecule has 0 saturated heterocycles. The van der Waals surface area contributed by atoms with Crippen LogP contribution in [0.3, 0.4) is 0 Å². The molecule has 0 spiro atoms. The quantitative estimate of drug-likeness (QED) is 0.0238. The number of aliphatic hydroxyl groups is 2. The number of aliphatic hydroxyl groups excluding tert-OH is 2. The second-order valence-electron chi connectivity index (χ2n) is 12.3. The first-order valence-corrected chi connectivity index (χ1v) is 17.4. The van der Waals surface area contributed by atoms with E-state index in [1.165, 1.54) is 38.2 Å². The average Bonchev–Trinajstić information content (AvgIpc) is 3.36. The van der Waals surface area contributed by atoms with Crippen LogP contribution in [0, 0.1) is 11.8 Å². The molecule has 1 saturated carbocycles. The van der Waals surface area contributed by atoms with E-state index < -0.39 is 29.5 Å². The Balaban J connectivity index is 1.67. The van der Waals surface area contributed by atoms with Crippen LogP contribution in [0.1, 0.15) is 96.0 Å². The van der Waals surface area contributed by atoms with Crippen LogP contribution in [0.25, 0.3) is 6.08 Å². The molecule has 0 aromatic heterocycles. The summed E-state index contributed by atoms with van der Waals surface area (Å²) in [7, 11) is 1.38. The third-order valence-electron chi connectivity index (χ3n) is 8.47. The van der Waals surface area contributed by atoms with Gasteiger partial charge in [0, 0.05) is 25.3 Å². The van der Waals surface area contributed by atoms with E-state index in [2.05, 4.69) is 17.1 Å². The van der Waals surface area contributed by atoms with Gasteiger partial charge in [-0.1, -0.05) is 50.8 Å². The standard InChI is InChI=1S/C36H54N2O12/c1-3-4-5-6-9-12-27(39)17-18-29-28(30(40)24-31(29)41)13-10-7-8-11-14-34(42)37-25-36(44)50-32-19-15-26(23-33(32)47-2)16-20-35(43)48-21-22-49-38(45)46/h7,10,15-16,19-20,23,28-31,40-41,45-46H,3-6,8-9,11-14,17-18,21-22,24-25H2,1-2H3,(H,37,42)/b10-7-,20-16+/t28-,29-,30+,31-/m1/s1. The van der Waals surface area contributed by atoms with Crippen molar-refractivity contribution in [1.29, 1.82) is 0 Å². The number of rotatable bonds is 25. The molecule has 0 unspecified atom stereocenters. The molecule has 280 valence electrons. The number of ketones is 1. The Hall–Kier alpha value is -3.66. The second-order valence-corrected chi connectivity index (χ2v) is 12.3. The van der Waals surface area contributed by atoms with Crippen LogP contribution < -0.4 is 14.8 Å². The third-order valence-corrected chi connectivity index (χ3v) is 8.47. The Morgan fingerprint density at radius 1 is 0.920 bits per heavy atom. The number of allylic oxidation sites excluding steroid dienone is 2. The summed E-state index contributed by atoms with van der Waals surface area (Å²) in [6.45, 7) is 1.34. The number of methoxy groups -OCH3 is 1. The molecule has 0 aliphatic heterocycles. The molecule has 4 atom stereocenters. The van der Waals surface area contributed by atoms with E-state index >= 15 is 0 Å². The molecule has 0 heterocycles. The number of esters is 2. The molecule has 1 aromatic carbocycles. The fourth-order valence-electron chi connectivity index (χ4n) is 5.80. The molecule has 1 fully saturated rings. The maximum absolute atomic E-state index is 12.4. The zero-order valence-electron chi connectivity index (χ0n) is 29.2. The van der Waals surface area contributed by atoms with E-state index in [9.17, 15) is 29.4 Å². The Kier molecular flexibility index (Phi) is 20.8. The number of amides is 1. The van der Waals surface area contributed by atoms with Crippen LogP contribution in [0.4, 0.5) is 0 Å². The van der Waals surface area contributed by atoms with Crippen molar-refractivity contribution in [2.24, 2.45) is 11.8 Å². The molecule has 1 aromatic rings. The summed E-state index contributed by atoms with van der Waals surface area (Å²) in [6, 6.07) is 4.59. The summed E-state index contributed by atoms with van der Waals surface area (Å²) < 4.78 is 15.4. The van der Waals surface area contributed by atoms with Crippen LogP contribution in [0.5, 0.6) is 11.5 Å². The highest BCUT2D eigenvalue weighted by molar-refractivity contribution is 5.87. The van der Waals surface area contributed by atoms with E-state index in [4.69, 9.17) is 24.6 Å². The predicted octanol–water partition coefficient (Wildman–Crippen LogP) is 4.47. The Bertz CT molecular complexity index is 1250. The van der Waals surface area contributed by atoms with Crippen molar-refractivity contribution in [3.05, 3.63) is 42.0 Å². The third kappa shape index (κ3) is 17.3. The van der Waals surface area contributed by atoms with Gasteiger partial charge in [-0.25, -0.2) is 14.4 Å². The summed E-state index contributed by atoms with van der Waals surface area (Å²) in [5.74, 6) is -1.36. The van der Waals surface area contributed by atoms with Crippen molar-refractivity contribution in [2.75, 3.05) is 26.9 Å². The van der Waals surface area contributed by atoms with Crippen LogP contribution in [0.2, 0.25) is 0 Å². The number of ether oxygens (including phenoxy) is 3. The minimum Gasteiger partial charge on any atom is -0.493 e. The van der Waals surface area contributed by atoms with Crippen LogP contribution in [-0.4, -0.2) is 88.7 Å². The molecular formula is C36H54N2O12. The molecule has 14 heteroatoms. The van der Waals surface area contributed by atoms with Crippen molar-refractivity contribution in [3.63, 3.8) is 0 Å². The maximum atomic E-state index is 12.4. The Morgan fingerprint density at radius 3 is 2.42 bits per heavy atom. The molecule has 0 bridgehead atoms. The number of unbranched alkanes of at least 4 members (excludes halogenated alkanes) is 5. The average molecular weight is 707 g/mol. The molecule has 5 N–H and O–H groups in total. The predicted molar refractivity (Wildman–Crippen MR) is 182 cm³/mol. The fourth-order valence-corrected chi connectivity index (χ4v) is 5.80. The van der Waals surface area contributed by atoms with Gasteiger partial charge in [0.05, 0.1) is 24.7 Å². The lowest BCUT2D eigenvalue weighted by molar-refractivity contribution is -0.493. The van der Waals surface area contributed by atoms with Gasteiger partial charge < -0.3 is 29.7 Å². The number of Topliss-reactive ketones (excluding diaryl/α,β-unsaturated/α-hetero) is 1. The first kappa shape index (κ1) is 42.5. The molecule has 1 aliphatic rings. The van der Waals surface area contributed by atoms with Gasteiger partial charge in [0.25, 0.3) is 0 Å². The summed E-state index contributed by atoms with van der Waals surface area (Å²) in [5, 5.41) is 39.9. The number of carbonyl (C=O) groups is 4. The molecule has 50 heavy (non-hydrogen) atoms. The van der Waals surface area contributed by atoms with Gasteiger partial charge in [-0.15, -0.1) is 0 Å². The monoisotopic (exact) mass is 706 g/mol. The van der Waals surface area contributed by atoms with Gasteiger partial charge >= 0.3 is 11.9 Å². The molecule has 1 aliphatic carbocycles. The highest BCUT2D eigenvalue weighted by Gasteiger charge is 2.40. The molecule has 14 nitrogen and oxygen atoms in total. The molecule has 2 rings (SSSR count). The van der Waals surface area contributed by atoms with E-state index in [0.29, 0.717) is 50.5 Å². The van der Waals surface area contributed by atoms with Crippen molar-refractivity contribution in [3.8, 4) is 11.5 Å². The van der Waals surface area contributed by atoms with Crippen molar-refractivity contribution in [1.82, 2.24) is 10.7 Å². The molecule has 0 radical (unpaired) electrons. The van der Waals surface area contributed by atoms with Gasteiger partial charge in [-0.05, 0) is 74.1 Å². The summed E-state index contributed by atoms with van der Waals surface area (Å²) in [6.07, 6.45) is 14.7. The van der Waals surface area contributed by atoms with E-state index in [1.807, 2.05) is 12.2 Å². The topological polar surface area (TPSA) is 201 Å². The maximum Gasteiger partial charge on any atom is 0.330 e. The Labute approximate surface area is 293 Å². The highest BCUT2D eigenvalue weighted by Crippen LogP contribution is 2.38. The molecule has 1 amide bonds. The van der Waals surface area contributed by atoms with E-state index in [1.54, 1.807) is 6.07 Å². The van der Waals surface area contributed by atoms with Gasteiger partial charge in [0.2, 0.25) is 5.91 Å². The number of carbonyl (C=O) groups excluding carboxylic acids is 4. The van der Waals surface area contributed by atoms with Crippen molar-refractivity contribution in [2.45, 2.75) is 103 Å². The lowest BCUT2D eigenvalue weighted by Gasteiger charge is -2.22. The summed E-state index contributed by atoms with van der Waals surface area (Å²) >= 11 is 0. The number of nitrogens with one attached hydrogen (secondary N) is 1. The number of nitrogens with zero attached hydrogens (tertiary/aromatic N) is 1. The lowest BCUT2D eigenvalue weighted by atomic mass is 9.86. The normalized spacial score (nSPS) is 18.9. The zero-order valence-corrected chi connectivity index (χ0v) is 29.2. The van der Waals surface area contributed by atoms with Gasteiger partial charge in [-0.3, -0.25) is 20.0 Å². The zero-order chi connectivity index (χ0) is 36.7. The Morgan fingerprint density at radius 2 is 1.68 bits per heavy atom. The summed E-state index contributed by atoms with van der Waals surface area (Å²) in [4.78, 5) is 53.0. The summed E-state index contributed by atoms with van der Waals surface area (Å²) in [5.41, 5.74) is 0.543. The van der Waals surface area contributed by atoms with Crippen LogP contribution in [-0.2, 0) is 28.8 Å². The van der Waals surface area contributed by atoms with E-state index in [0.717, 1.165) is 25.3 Å². The second kappa shape index (κ2) is 24.5. The highest BCUT2D eigenvalue weighted by atomic mass is 17.1. The van der Waals surface area contributed by atoms with Gasteiger partial charge in [0.1, 0.15) is 25.5 Å². The fraction of sp³-hybridized carbons (Fsp3) is 0.611. The largest absolute Gasteiger partial charge is 0.493 e. The van der Waals surface area contributed by atoms with E-state index in [-0.39, 0.29) is 61.2 Å². The number of hydrogen-bond donors (Lipinski definition) is 5. The van der Waals surface area contributed by atoms with Crippen molar-refractivity contribution < 1.29 is 58.9 Å². The van der Waals surface area contributed by atoms with Crippen LogP contribution >= 0.6 is 0 Å². The SMILES string of the molecule is CCCCCCCC(=O)CC[C@@H]1[C@@H](C/C=C\CCCC(=O)NCC(=O)Oc2ccc(/C=C/C(=O)OCCON(O)O)cc2OC)[C@@H](O)C[C@H]1O. The van der Waals surface area contributed by atoms with Crippen LogP contribution in [0.15, 0.2) is 36.4 Å². The van der Waals surface area contributed by atoms with Gasteiger partial charge in [-0.2, -0.15) is 0 Å². The minimum absolute atomic E-state index is 0.108. The number of hydrogen-bond acceptors (Lipinski definition) is 13. The van der Waals surface area contributed by atoms with Crippen molar-refractivity contribution >= 4 is 29.7 Å². The van der Waals surface area contributed by atoms with Gasteiger partial charge in [0.15, 0.2) is 11.5 Å². The smallest absolute Gasteiger partial charge is 0.330 e. The first-order chi connectivity index (χ1) is 24.0. The number of benzene rings is 1. The lowest BCUT2D eigenvalue weighted by Crippen LogP contribution is -2.31. The first-order valence-electron chi connectivity index (χ1n) is 17.4.